The molecule has 3 heteroatoms. The summed E-state index contributed by atoms with van der Waals surface area (Å²) < 4.78 is 4.76. The van der Waals surface area contributed by atoms with E-state index in [1.54, 1.807) is 0 Å². The normalized spacial score (nSPS) is 44.8. The highest BCUT2D eigenvalue weighted by atomic mass is 16.6. The summed E-state index contributed by atoms with van der Waals surface area (Å²) >= 11 is 0. The molecule has 1 heterocycles. The van der Waals surface area contributed by atoms with E-state index in [1.807, 2.05) is 0 Å². The van der Waals surface area contributed by atoms with Crippen LogP contribution in [0.1, 0.15) is 32.1 Å². The highest BCUT2D eigenvalue weighted by Crippen LogP contribution is 2.56. The number of fused-ring (bicyclic) bond motifs is 5. The van der Waals surface area contributed by atoms with Gasteiger partial charge < -0.3 is 4.74 Å². The summed E-state index contributed by atoms with van der Waals surface area (Å²) in [5, 5.41) is 0. The molecular weight excluding hydrogens is 204 g/mol. The molecule has 84 valence electrons. The van der Waals surface area contributed by atoms with Crippen LogP contribution in [0.15, 0.2) is 11.1 Å². The van der Waals surface area contributed by atoms with Crippen molar-refractivity contribution in [2.24, 2.45) is 23.7 Å². The van der Waals surface area contributed by atoms with E-state index in [9.17, 15) is 9.59 Å². The van der Waals surface area contributed by atoms with Crippen LogP contribution in [0, 0.1) is 23.7 Å². The molecule has 2 fully saturated rings. The zero-order valence-corrected chi connectivity index (χ0v) is 9.07. The maximum Gasteiger partial charge on any atom is 0.317 e. The summed E-state index contributed by atoms with van der Waals surface area (Å²) in [6.45, 7) is 0. The van der Waals surface area contributed by atoms with E-state index in [2.05, 4.69) is 0 Å². The lowest BCUT2D eigenvalue weighted by Crippen LogP contribution is -2.26. The topological polar surface area (TPSA) is 43.4 Å². The first-order valence-electron chi connectivity index (χ1n) is 6.21. The Morgan fingerprint density at radius 1 is 0.875 bits per heavy atom. The second-order valence-electron chi connectivity index (χ2n) is 5.62. The van der Waals surface area contributed by atoms with Gasteiger partial charge in [-0.3, -0.25) is 9.59 Å². The average molecular weight is 218 g/mol. The quantitative estimate of drug-likeness (QED) is 0.354. The summed E-state index contributed by atoms with van der Waals surface area (Å²) in [4.78, 5) is 23.1. The third-order valence-corrected chi connectivity index (χ3v) is 5.00. The van der Waals surface area contributed by atoms with Gasteiger partial charge in [0.2, 0.25) is 0 Å². The third kappa shape index (κ3) is 0.944. The first-order valence-corrected chi connectivity index (χ1v) is 6.21. The van der Waals surface area contributed by atoms with Crippen molar-refractivity contribution in [1.82, 2.24) is 0 Å². The van der Waals surface area contributed by atoms with Gasteiger partial charge in [0.25, 0.3) is 0 Å². The van der Waals surface area contributed by atoms with Gasteiger partial charge in [0.1, 0.15) is 0 Å². The Morgan fingerprint density at radius 2 is 1.38 bits per heavy atom. The van der Waals surface area contributed by atoms with E-state index >= 15 is 0 Å². The van der Waals surface area contributed by atoms with Crippen molar-refractivity contribution >= 4 is 11.9 Å². The molecule has 16 heavy (non-hydrogen) atoms. The van der Waals surface area contributed by atoms with E-state index in [4.69, 9.17) is 4.74 Å². The maximum absolute atomic E-state index is 11.5. The first kappa shape index (κ1) is 8.97. The van der Waals surface area contributed by atoms with Gasteiger partial charge in [0.15, 0.2) is 0 Å². The lowest BCUT2D eigenvalue weighted by Gasteiger charge is -2.29. The average Bonchev–Trinajstić information content (AvgIpc) is 2.93. The number of ether oxygens (including phenoxy) is 1. The molecule has 4 aliphatic rings. The molecule has 0 spiro atoms. The minimum Gasteiger partial charge on any atom is -0.393 e. The monoisotopic (exact) mass is 218 g/mol. The first-order chi connectivity index (χ1) is 7.74. The number of hydrogen-bond acceptors (Lipinski definition) is 3. The molecule has 0 aromatic carbocycles. The lowest BCUT2D eigenvalue weighted by molar-refractivity contribution is -0.153. The molecule has 0 N–H and O–H groups in total. The summed E-state index contributed by atoms with van der Waals surface area (Å²) in [6.07, 6.45) is 5.50. The SMILES string of the molecule is O=C1OC(=O)[C@@H]2CC3=C(C[C@H]12)[C@@H]1CC[C@H]3C1. The van der Waals surface area contributed by atoms with Crippen LogP contribution in [0.2, 0.25) is 0 Å². The van der Waals surface area contributed by atoms with Crippen LogP contribution in [-0.2, 0) is 14.3 Å². The Labute approximate surface area is 93.8 Å². The van der Waals surface area contributed by atoms with Gasteiger partial charge in [-0.05, 0) is 43.9 Å². The lowest BCUT2D eigenvalue weighted by atomic mass is 9.72. The Kier molecular flexibility index (Phi) is 1.55. The van der Waals surface area contributed by atoms with Crippen LogP contribution in [-0.4, -0.2) is 11.9 Å². The maximum atomic E-state index is 11.5. The van der Waals surface area contributed by atoms with Crippen molar-refractivity contribution in [2.75, 3.05) is 0 Å². The third-order valence-electron chi connectivity index (χ3n) is 5.00. The minimum atomic E-state index is -0.274. The van der Waals surface area contributed by atoms with Gasteiger partial charge in [-0.1, -0.05) is 11.1 Å². The molecule has 0 radical (unpaired) electrons. The predicted octanol–water partition coefficient (Wildman–Crippen LogP) is 1.82. The minimum absolute atomic E-state index is 0.148. The Bertz CT molecular complexity index is 396. The van der Waals surface area contributed by atoms with Crippen LogP contribution >= 0.6 is 0 Å². The fourth-order valence-corrected chi connectivity index (χ4v) is 4.24. The van der Waals surface area contributed by atoms with Gasteiger partial charge in [-0.15, -0.1) is 0 Å². The zero-order chi connectivity index (χ0) is 10.9. The molecule has 1 aliphatic heterocycles. The van der Waals surface area contributed by atoms with Gasteiger partial charge in [0, 0.05) is 0 Å². The number of esters is 2. The largest absolute Gasteiger partial charge is 0.393 e. The number of hydrogen-bond donors (Lipinski definition) is 0. The Hall–Kier alpha value is -1.12. The van der Waals surface area contributed by atoms with E-state index in [-0.39, 0.29) is 23.8 Å². The van der Waals surface area contributed by atoms with E-state index in [0.717, 1.165) is 24.7 Å². The van der Waals surface area contributed by atoms with Crippen LogP contribution < -0.4 is 0 Å². The van der Waals surface area contributed by atoms with Crippen LogP contribution in [0.3, 0.4) is 0 Å². The molecule has 3 nitrogen and oxygen atoms in total. The predicted molar refractivity (Wildman–Crippen MR) is 55.2 cm³/mol. The fourth-order valence-electron chi connectivity index (χ4n) is 4.24. The van der Waals surface area contributed by atoms with E-state index < -0.39 is 0 Å². The molecule has 4 rings (SSSR count). The Morgan fingerprint density at radius 3 is 1.88 bits per heavy atom. The molecule has 1 saturated heterocycles. The smallest absolute Gasteiger partial charge is 0.317 e. The summed E-state index contributed by atoms with van der Waals surface area (Å²) in [6, 6.07) is 0. The number of rotatable bonds is 0. The van der Waals surface area contributed by atoms with Crippen LogP contribution in [0.5, 0.6) is 0 Å². The van der Waals surface area contributed by atoms with Crippen molar-refractivity contribution in [3.63, 3.8) is 0 Å². The molecule has 0 aromatic rings. The molecule has 0 unspecified atom stereocenters. The van der Waals surface area contributed by atoms with E-state index in [0.29, 0.717) is 0 Å². The molecule has 2 bridgehead atoms. The molecule has 3 aliphatic carbocycles. The van der Waals surface area contributed by atoms with Crippen molar-refractivity contribution in [3.8, 4) is 0 Å². The second-order valence-corrected chi connectivity index (χ2v) is 5.62. The molecule has 0 amide bonds. The van der Waals surface area contributed by atoms with Crippen LogP contribution in [0.25, 0.3) is 0 Å². The van der Waals surface area contributed by atoms with Gasteiger partial charge in [-0.2, -0.15) is 0 Å². The van der Waals surface area contributed by atoms with Gasteiger partial charge in [-0.25, -0.2) is 0 Å². The van der Waals surface area contributed by atoms with Crippen molar-refractivity contribution < 1.29 is 14.3 Å². The number of allylic oxidation sites excluding steroid dienone is 2. The second kappa shape index (κ2) is 2.76. The standard InChI is InChI=1S/C13H14O3/c14-12-10-4-8-6-1-2-7(3-6)9(8)5-11(10)13(15)16-12/h6-7,10-11H,1-5H2/t6-,7+,10+,11-. The summed E-state index contributed by atoms with van der Waals surface area (Å²) in [5.41, 5.74) is 3.04. The number of carbonyl (C=O) groups is 2. The molecule has 1 saturated carbocycles. The molecule has 0 aromatic heterocycles. The highest BCUT2D eigenvalue weighted by molar-refractivity contribution is 5.97. The number of carbonyl (C=O) groups excluding carboxylic acids is 2. The zero-order valence-electron chi connectivity index (χ0n) is 9.07. The summed E-state index contributed by atoms with van der Waals surface area (Å²) in [5.74, 6) is 0.610. The van der Waals surface area contributed by atoms with Crippen molar-refractivity contribution in [2.45, 2.75) is 32.1 Å². The molecular formula is C13H14O3. The molecule has 4 atom stereocenters. The highest BCUT2D eigenvalue weighted by Gasteiger charge is 2.52. The van der Waals surface area contributed by atoms with Gasteiger partial charge >= 0.3 is 11.9 Å². The van der Waals surface area contributed by atoms with Crippen LogP contribution in [0.4, 0.5) is 0 Å². The number of cyclic esters (lactones) is 2. The van der Waals surface area contributed by atoms with Crippen molar-refractivity contribution in [1.29, 1.82) is 0 Å². The Balaban J connectivity index is 1.74. The van der Waals surface area contributed by atoms with Crippen molar-refractivity contribution in [3.05, 3.63) is 11.1 Å². The van der Waals surface area contributed by atoms with Gasteiger partial charge in [0.05, 0.1) is 11.8 Å². The fraction of sp³-hybridized carbons (Fsp3) is 0.692. The van der Waals surface area contributed by atoms with E-state index in [1.165, 1.54) is 30.4 Å². The summed E-state index contributed by atoms with van der Waals surface area (Å²) in [7, 11) is 0.